The van der Waals surface area contributed by atoms with E-state index < -0.39 is 0 Å². The number of nitrogens with zero attached hydrogens (tertiary/aromatic N) is 4. The second-order valence-electron chi connectivity index (χ2n) is 7.40. The van der Waals surface area contributed by atoms with E-state index in [4.69, 9.17) is 14.7 Å². The van der Waals surface area contributed by atoms with Gasteiger partial charge in [0.05, 0.1) is 18.8 Å². The fraction of sp³-hybridized carbons (Fsp3) is 0.318. The Hall–Kier alpha value is -2.99. The van der Waals surface area contributed by atoms with Gasteiger partial charge in [-0.1, -0.05) is 18.2 Å². The third kappa shape index (κ3) is 3.31. The second-order valence-corrected chi connectivity index (χ2v) is 7.40. The number of hydrogen-bond acceptors (Lipinski definition) is 6. The summed E-state index contributed by atoms with van der Waals surface area (Å²) in [5.74, 6) is 2.67. The Morgan fingerprint density at radius 1 is 1.11 bits per heavy atom. The fourth-order valence-electron chi connectivity index (χ4n) is 3.78. The molecule has 0 bridgehead atoms. The van der Waals surface area contributed by atoms with Crippen molar-refractivity contribution in [1.29, 1.82) is 0 Å². The van der Waals surface area contributed by atoms with Gasteiger partial charge in [0, 0.05) is 18.3 Å². The third-order valence-electron chi connectivity index (χ3n) is 5.25. The number of ether oxygens (including phenoxy) is 1. The van der Waals surface area contributed by atoms with Crippen molar-refractivity contribution in [2.45, 2.75) is 26.0 Å². The van der Waals surface area contributed by atoms with Crippen LogP contribution in [0, 0.1) is 6.92 Å². The van der Waals surface area contributed by atoms with Crippen molar-refractivity contribution in [2.75, 3.05) is 24.5 Å². The minimum absolute atomic E-state index is 0.187. The normalized spacial score (nSPS) is 16.4. The fourth-order valence-corrected chi connectivity index (χ4v) is 3.78. The summed E-state index contributed by atoms with van der Waals surface area (Å²) in [6, 6.07) is 14.1. The maximum atomic E-state index is 6.13. The van der Waals surface area contributed by atoms with E-state index in [1.807, 2.05) is 30.3 Å². The molecule has 0 unspecified atom stereocenters. The van der Waals surface area contributed by atoms with Gasteiger partial charge in [-0.2, -0.15) is 0 Å². The molecule has 142 valence electrons. The highest BCUT2D eigenvalue weighted by molar-refractivity contribution is 5.59. The number of pyridine rings is 1. The van der Waals surface area contributed by atoms with Gasteiger partial charge in [0.2, 0.25) is 0 Å². The third-order valence-corrected chi connectivity index (χ3v) is 5.25. The number of aromatic nitrogens is 3. The molecule has 1 N–H and O–H groups in total. The van der Waals surface area contributed by atoms with E-state index in [0.29, 0.717) is 5.82 Å². The highest BCUT2D eigenvalue weighted by Crippen LogP contribution is 2.31. The van der Waals surface area contributed by atoms with Gasteiger partial charge in [-0.15, -0.1) is 0 Å². The molecule has 0 radical (unpaired) electrons. The van der Waals surface area contributed by atoms with Crippen LogP contribution in [0.25, 0.3) is 11.5 Å². The van der Waals surface area contributed by atoms with E-state index in [2.05, 4.69) is 34.3 Å². The van der Waals surface area contributed by atoms with E-state index in [-0.39, 0.29) is 6.10 Å². The molecule has 1 fully saturated rings. The Kier molecular flexibility index (Phi) is 4.41. The zero-order valence-corrected chi connectivity index (χ0v) is 15.9. The molecule has 4 heterocycles. The topological polar surface area (TPSA) is 63.2 Å². The van der Waals surface area contributed by atoms with Crippen molar-refractivity contribution >= 4 is 5.82 Å². The van der Waals surface area contributed by atoms with Crippen molar-refractivity contribution in [3.8, 4) is 17.3 Å². The highest BCUT2D eigenvalue weighted by atomic mass is 16.5. The quantitative estimate of drug-likeness (QED) is 0.759. The van der Waals surface area contributed by atoms with Crippen LogP contribution < -0.4 is 15.0 Å². The lowest BCUT2D eigenvalue weighted by Gasteiger charge is -2.41. The molecule has 0 aliphatic carbocycles. The maximum Gasteiger partial charge on any atom is 0.180 e. The lowest BCUT2D eigenvalue weighted by Crippen LogP contribution is -2.55. The van der Waals surface area contributed by atoms with E-state index in [1.54, 1.807) is 6.20 Å². The molecule has 0 atom stereocenters. The van der Waals surface area contributed by atoms with Crippen LogP contribution in [0.1, 0.15) is 16.8 Å². The van der Waals surface area contributed by atoms with Gasteiger partial charge >= 0.3 is 0 Å². The van der Waals surface area contributed by atoms with Gasteiger partial charge < -0.3 is 15.0 Å². The van der Waals surface area contributed by atoms with Crippen LogP contribution in [-0.4, -0.2) is 40.7 Å². The number of benzene rings is 1. The lowest BCUT2D eigenvalue weighted by atomic mass is 10.0. The smallest absolute Gasteiger partial charge is 0.180 e. The van der Waals surface area contributed by atoms with E-state index >= 15 is 0 Å². The van der Waals surface area contributed by atoms with Crippen LogP contribution >= 0.6 is 0 Å². The molecule has 0 amide bonds. The standard InChI is InChI=1S/C22H23N5O/c1-15-5-4-6-16(11-15)28-17-13-27(14-17)22-18-8-10-23-12-20(18)25-21(26-22)19-7-2-3-9-24-19/h2-7,9,11,17,23H,8,10,12-14H2,1H3. The molecule has 1 saturated heterocycles. The van der Waals surface area contributed by atoms with E-state index in [1.165, 1.54) is 11.1 Å². The summed E-state index contributed by atoms with van der Waals surface area (Å²) in [6.07, 6.45) is 2.92. The van der Waals surface area contributed by atoms with E-state index in [9.17, 15) is 0 Å². The number of aryl methyl sites for hydroxylation is 1. The maximum absolute atomic E-state index is 6.13. The summed E-state index contributed by atoms with van der Waals surface area (Å²) >= 11 is 0. The summed E-state index contributed by atoms with van der Waals surface area (Å²) < 4.78 is 6.13. The zero-order chi connectivity index (χ0) is 18.9. The number of rotatable bonds is 4. The first-order valence-electron chi connectivity index (χ1n) is 9.76. The van der Waals surface area contributed by atoms with Crippen LogP contribution in [0.5, 0.6) is 5.75 Å². The molecule has 5 rings (SSSR count). The molecule has 2 aliphatic heterocycles. The SMILES string of the molecule is Cc1cccc(OC2CN(c3nc(-c4ccccn4)nc4c3CCNC4)C2)c1. The summed E-state index contributed by atoms with van der Waals surface area (Å²) in [7, 11) is 0. The van der Waals surface area contributed by atoms with E-state index in [0.717, 1.165) is 55.6 Å². The summed E-state index contributed by atoms with van der Waals surface area (Å²) in [6.45, 7) is 5.50. The summed E-state index contributed by atoms with van der Waals surface area (Å²) in [5, 5.41) is 3.41. The zero-order valence-electron chi connectivity index (χ0n) is 15.9. The van der Waals surface area contributed by atoms with Crippen LogP contribution in [0.2, 0.25) is 0 Å². The average molecular weight is 373 g/mol. The Balaban J connectivity index is 1.39. The number of nitrogens with one attached hydrogen (secondary N) is 1. The monoisotopic (exact) mass is 373 g/mol. The van der Waals surface area contributed by atoms with Gasteiger partial charge in [0.1, 0.15) is 23.4 Å². The van der Waals surface area contributed by atoms with Crippen LogP contribution in [0.15, 0.2) is 48.7 Å². The molecule has 6 heteroatoms. The van der Waals surface area contributed by atoms with Crippen LogP contribution in [-0.2, 0) is 13.0 Å². The largest absolute Gasteiger partial charge is 0.487 e. The molecule has 1 aromatic carbocycles. The van der Waals surface area contributed by atoms with Crippen LogP contribution in [0.4, 0.5) is 5.82 Å². The molecule has 2 aliphatic rings. The average Bonchev–Trinajstić information content (AvgIpc) is 2.70. The minimum Gasteiger partial charge on any atom is -0.487 e. The summed E-state index contributed by atoms with van der Waals surface area (Å²) in [4.78, 5) is 16.4. The molecule has 2 aromatic heterocycles. The predicted octanol–water partition coefficient (Wildman–Crippen LogP) is 2.76. The van der Waals surface area contributed by atoms with Gasteiger partial charge in [-0.05, 0) is 49.7 Å². The minimum atomic E-state index is 0.187. The first kappa shape index (κ1) is 17.1. The molecular formula is C22H23N5O. The van der Waals surface area contributed by atoms with Gasteiger partial charge in [-0.25, -0.2) is 9.97 Å². The van der Waals surface area contributed by atoms with Crippen LogP contribution in [0.3, 0.4) is 0 Å². The molecule has 0 saturated carbocycles. The first-order valence-corrected chi connectivity index (χ1v) is 9.76. The van der Waals surface area contributed by atoms with Gasteiger partial charge in [0.25, 0.3) is 0 Å². The second kappa shape index (κ2) is 7.20. The Labute approximate surface area is 164 Å². The van der Waals surface area contributed by atoms with Gasteiger partial charge in [-0.3, -0.25) is 4.98 Å². The Morgan fingerprint density at radius 3 is 2.86 bits per heavy atom. The molecule has 28 heavy (non-hydrogen) atoms. The highest BCUT2D eigenvalue weighted by Gasteiger charge is 2.33. The van der Waals surface area contributed by atoms with Crippen molar-refractivity contribution in [3.05, 3.63) is 65.5 Å². The Morgan fingerprint density at radius 2 is 2.04 bits per heavy atom. The van der Waals surface area contributed by atoms with Gasteiger partial charge in [0.15, 0.2) is 5.82 Å². The van der Waals surface area contributed by atoms with Crippen molar-refractivity contribution in [3.63, 3.8) is 0 Å². The molecule has 3 aromatic rings. The number of hydrogen-bond donors (Lipinski definition) is 1. The van der Waals surface area contributed by atoms with Crippen molar-refractivity contribution in [1.82, 2.24) is 20.3 Å². The summed E-state index contributed by atoms with van der Waals surface area (Å²) in [5.41, 5.74) is 4.36. The van der Waals surface area contributed by atoms with Crippen molar-refractivity contribution in [2.24, 2.45) is 0 Å². The number of anilines is 1. The number of fused-ring (bicyclic) bond motifs is 1. The Bertz CT molecular complexity index is 985. The predicted molar refractivity (Wildman–Crippen MR) is 108 cm³/mol. The molecule has 6 nitrogen and oxygen atoms in total. The van der Waals surface area contributed by atoms with Crippen molar-refractivity contribution < 1.29 is 4.74 Å². The molecular weight excluding hydrogens is 350 g/mol. The molecule has 0 spiro atoms. The first-order chi connectivity index (χ1) is 13.8. The lowest BCUT2D eigenvalue weighted by molar-refractivity contribution is 0.166.